The number of nitrogens with zero attached hydrogens (tertiary/aromatic N) is 1. The van der Waals surface area contributed by atoms with Gasteiger partial charge in [-0.2, -0.15) is 0 Å². The second kappa shape index (κ2) is 10.6. The molecule has 2 aromatic carbocycles. The lowest BCUT2D eigenvalue weighted by Gasteiger charge is -2.44. The lowest BCUT2D eigenvalue weighted by molar-refractivity contribution is -0.150. The maximum atomic E-state index is 13.7. The Morgan fingerprint density at radius 2 is 1.68 bits per heavy atom. The first-order valence-corrected chi connectivity index (χ1v) is 13.4. The summed E-state index contributed by atoms with van der Waals surface area (Å²) in [6.07, 6.45) is 0.878. The van der Waals surface area contributed by atoms with Crippen LogP contribution in [0.5, 0.6) is 5.75 Å². The molecule has 3 heterocycles. The lowest BCUT2D eigenvalue weighted by Crippen LogP contribution is -2.67. The summed E-state index contributed by atoms with van der Waals surface area (Å²) in [5.74, 6) is -2.46. The molecule has 12 heteroatoms. The van der Waals surface area contributed by atoms with Crippen molar-refractivity contribution in [2.45, 2.75) is 41.9 Å². The van der Waals surface area contributed by atoms with Gasteiger partial charge in [-0.15, -0.1) is 0 Å². The van der Waals surface area contributed by atoms with Crippen LogP contribution in [-0.4, -0.2) is 61.8 Å². The Morgan fingerprint density at radius 3 is 2.34 bits per heavy atom. The predicted molar refractivity (Wildman–Crippen MR) is 130 cm³/mol. The van der Waals surface area contributed by atoms with Gasteiger partial charge in [-0.3, -0.25) is 19.2 Å². The summed E-state index contributed by atoms with van der Waals surface area (Å²) in [4.78, 5) is 45.4. The number of ether oxygens (including phenoxy) is 1. The minimum absolute atomic E-state index is 0.000787. The summed E-state index contributed by atoms with van der Waals surface area (Å²) in [6.45, 7) is 0.440. The quantitative estimate of drug-likeness (QED) is 0.447. The molecule has 2 amide bonds. The van der Waals surface area contributed by atoms with Gasteiger partial charge in [0.15, 0.2) is 5.78 Å². The predicted octanol–water partition coefficient (Wildman–Crippen LogP) is 1.97. The summed E-state index contributed by atoms with van der Waals surface area (Å²) >= 11 is 0. The van der Waals surface area contributed by atoms with Crippen molar-refractivity contribution in [1.82, 2.24) is 10.2 Å². The molecule has 1 N–H and O–H groups in total. The van der Waals surface area contributed by atoms with E-state index in [4.69, 9.17) is 4.74 Å². The number of benzene rings is 2. The highest BCUT2D eigenvalue weighted by atomic mass is 32.2. The molecule has 9 nitrogen and oxygen atoms in total. The Labute approximate surface area is 218 Å². The van der Waals surface area contributed by atoms with Gasteiger partial charge < -0.3 is 15.0 Å². The highest BCUT2D eigenvalue weighted by Gasteiger charge is 2.70. The monoisotopic (exact) mass is 548 g/mol. The zero-order chi connectivity index (χ0) is 27.7. The maximum absolute atomic E-state index is 13.7. The number of halogens is 2. The Balaban J connectivity index is 0.000000317. The molecule has 3 saturated heterocycles. The van der Waals surface area contributed by atoms with Crippen LogP contribution in [0.4, 0.5) is 8.78 Å². The third-order valence-electron chi connectivity index (χ3n) is 6.92. The van der Waals surface area contributed by atoms with Gasteiger partial charge in [-0.1, -0.05) is 0 Å². The van der Waals surface area contributed by atoms with Gasteiger partial charge in [0.2, 0.25) is 26.5 Å². The van der Waals surface area contributed by atoms with Gasteiger partial charge in [0, 0.05) is 38.3 Å². The zero-order valence-electron chi connectivity index (χ0n) is 20.5. The van der Waals surface area contributed by atoms with E-state index < -0.39 is 50.4 Å². The molecule has 0 radical (unpaired) electrons. The number of Topliss-reactive ketones (excluding diaryl/α,β-unsaturated/α-hetero) is 2. The second-order valence-electron chi connectivity index (χ2n) is 9.28. The van der Waals surface area contributed by atoms with Crippen LogP contribution in [0.2, 0.25) is 0 Å². The van der Waals surface area contributed by atoms with E-state index in [1.54, 1.807) is 0 Å². The van der Waals surface area contributed by atoms with Gasteiger partial charge >= 0.3 is 0 Å². The van der Waals surface area contributed by atoms with E-state index >= 15 is 0 Å². The van der Waals surface area contributed by atoms with Crippen LogP contribution in [0, 0.1) is 17.6 Å². The summed E-state index contributed by atoms with van der Waals surface area (Å²) in [7, 11) is -2.86. The van der Waals surface area contributed by atoms with E-state index in [-0.39, 0.29) is 29.6 Å². The van der Waals surface area contributed by atoms with E-state index in [1.807, 2.05) is 0 Å². The molecule has 3 fully saturated rings. The fourth-order valence-corrected chi connectivity index (χ4v) is 7.01. The molecule has 0 saturated carbocycles. The molecule has 202 valence electrons. The lowest BCUT2D eigenvalue weighted by atomic mass is 9.92. The number of hydrogen-bond donors (Lipinski definition) is 1. The van der Waals surface area contributed by atoms with Crippen molar-refractivity contribution < 1.29 is 41.1 Å². The molecule has 2 aromatic rings. The number of methoxy groups -OCH3 is 1. The fourth-order valence-electron chi connectivity index (χ4n) is 4.92. The molecule has 2 unspecified atom stereocenters. The zero-order valence-corrected chi connectivity index (χ0v) is 21.4. The topological polar surface area (TPSA) is 127 Å². The largest absolute Gasteiger partial charge is 0.496 e. The van der Waals surface area contributed by atoms with Crippen LogP contribution in [0.15, 0.2) is 47.4 Å². The molecule has 3 aliphatic rings. The van der Waals surface area contributed by atoms with E-state index in [9.17, 15) is 36.4 Å². The Hall–Kier alpha value is -3.67. The first-order chi connectivity index (χ1) is 18.0. The average molecular weight is 549 g/mol. The fraction of sp³-hybridized carbons (Fsp3) is 0.385. The van der Waals surface area contributed by atoms with Crippen molar-refractivity contribution in [3.05, 3.63) is 59.7 Å². The molecule has 0 aromatic heterocycles. The molecule has 3 aliphatic heterocycles. The number of sulfone groups is 1. The minimum atomic E-state index is -4.26. The third kappa shape index (κ3) is 4.92. The Bertz CT molecular complexity index is 1380. The summed E-state index contributed by atoms with van der Waals surface area (Å²) in [5, 5.41) is 2.62. The van der Waals surface area contributed by atoms with E-state index in [2.05, 4.69) is 5.32 Å². The third-order valence-corrected chi connectivity index (χ3v) is 9.27. The van der Waals surface area contributed by atoms with Gasteiger partial charge in [-0.25, -0.2) is 17.2 Å². The molecule has 0 bridgehead atoms. The minimum Gasteiger partial charge on any atom is -0.496 e. The molecule has 5 rings (SSSR count). The Kier molecular flexibility index (Phi) is 7.63. The van der Waals surface area contributed by atoms with Crippen LogP contribution in [0.25, 0.3) is 0 Å². The van der Waals surface area contributed by atoms with Crippen molar-refractivity contribution in [3.63, 3.8) is 0 Å². The number of fused-ring (bicyclic) bond motifs is 1. The highest BCUT2D eigenvalue weighted by molar-refractivity contribution is 7.93. The van der Waals surface area contributed by atoms with E-state index in [0.29, 0.717) is 37.1 Å². The van der Waals surface area contributed by atoms with Crippen LogP contribution in [0.1, 0.15) is 31.2 Å². The van der Waals surface area contributed by atoms with Gasteiger partial charge in [0.1, 0.15) is 23.2 Å². The molecule has 0 aliphatic carbocycles. The number of rotatable bonds is 5. The first-order valence-electron chi connectivity index (χ1n) is 12.0. The number of hydrogen-bond acceptors (Lipinski definition) is 7. The van der Waals surface area contributed by atoms with Crippen LogP contribution in [-0.2, 0) is 35.4 Å². The number of amides is 2. The highest BCUT2D eigenvalue weighted by Crippen LogP contribution is 2.48. The number of carbonyl (C=O) groups is 4. The van der Waals surface area contributed by atoms with Crippen LogP contribution < -0.4 is 10.1 Å². The summed E-state index contributed by atoms with van der Waals surface area (Å²) in [5.41, 5.74) is 0.412. The van der Waals surface area contributed by atoms with Crippen molar-refractivity contribution in [1.29, 1.82) is 0 Å². The van der Waals surface area contributed by atoms with Crippen molar-refractivity contribution in [2.75, 3.05) is 20.2 Å². The summed E-state index contributed by atoms with van der Waals surface area (Å²) in [6, 6.07) is 8.01. The smallest absolute Gasteiger partial charge is 0.228 e. The second-order valence-corrected chi connectivity index (χ2v) is 11.4. The van der Waals surface area contributed by atoms with Crippen LogP contribution in [0.3, 0.4) is 0 Å². The number of nitrogens with one attached hydrogen (secondary N) is 1. The van der Waals surface area contributed by atoms with Crippen LogP contribution >= 0.6 is 0 Å². The van der Waals surface area contributed by atoms with Crippen molar-refractivity contribution in [3.8, 4) is 5.75 Å². The maximum Gasteiger partial charge on any atom is 0.228 e. The SMILES string of the molecule is COc1ccc(F)cc1CC1CN2C(=O)CC2(S(=O)(=O)c2ccc(F)cc2)C1=O.O=C1CCNC(=O)CC1. The van der Waals surface area contributed by atoms with E-state index in [0.717, 1.165) is 29.2 Å². The van der Waals surface area contributed by atoms with Crippen molar-refractivity contribution in [2.24, 2.45) is 5.92 Å². The van der Waals surface area contributed by atoms with Gasteiger partial charge in [0.05, 0.1) is 18.4 Å². The van der Waals surface area contributed by atoms with Crippen molar-refractivity contribution >= 4 is 33.2 Å². The first kappa shape index (κ1) is 27.4. The standard InChI is InChI=1S/C20H17F2NO5S.C6H9NO2/c1-28-17-7-4-15(22)9-12(17)8-13-11-23-18(24)10-20(23,19(13)25)29(26,27)16-5-2-14(21)3-6-16;8-5-1-2-6(9)7-4-3-5/h2-7,9,13H,8,10-11H2,1H3;1-4H2,(H,7,9). The van der Waals surface area contributed by atoms with Gasteiger partial charge in [-0.05, 0) is 54.4 Å². The number of β-lactam (4-membered cyclic amide) rings is 1. The molecular weight excluding hydrogens is 522 g/mol. The summed E-state index contributed by atoms with van der Waals surface area (Å²) < 4.78 is 58.6. The molecule has 0 spiro atoms. The average Bonchev–Trinajstić information content (AvgIpc) is 2.96. The van der Waals surface area contributed by atoms with E-state index in [1.165, 1.54) is 25.3 Å². The van der Waals surface area contributed by atoms with Gasteiger partial charge in [0.25, 0.3) is 0 Å². The molecular formula is C26H26F2N2O7S. The number of carbonyl (C=O) groups excluding carboxylic acids is 4. The molecule has 38 heavy (non-hydrogen) atoms. The number of ketones is 2. The Morgan fingerprint density at radius 1 is 1.00 bits per heavy atom. The molecule has 2 atom stereocenters. The normalized spacial score (nSPS) is 23.0.